The molecule has 0 unspecified atom stereocenters. The lowest BCUT2D eigenvalue weighted by molar-refractivity contribution is 0.0996. The van der Waals surface area contributed by atoms with Crippen LogP contribution in [0.1, 0.15) is 35.5 Å². The van der Waals surface area contributed by atoms with Gasteiger partial charge in [-0.05, 0) is 39.1 Å². The van der Waals surface area contributed by atoms with Crippen LogP contribution in [0.25, 0.3) is 11.5 Å². The van der Waals surface area contributed by atoms with Gasteiger partial charge in [0.1, 0.15) is 23.7 Å². The zero-order valence-corrected chi connectivity index (χ0v) is 17.9. The smallest absolute Gasteiger partial charge is 0.260 e. The number of nitrogens with zero attached hydrogens (tertiary/aromatic N) is 7. The third-order valence-corrected chi connectivity index (χ3v) is 5.42. The molecule has 0 bridgehead atoms. The van der Waals surface area contributed by atoms with Gasteiger partial charge in [0, 0.05) is 32.2 Å². The fourth-order valence-corrected chi connectivity index (χ4v) is 3.51. The summed E-state index contributed by atoms with van der Waals surface area (Å²) in [7, 11) is 5.74. The molecule has 0 atom stereocenters. The maximum atomic E-state index is 13.3. The third kappa shape index (κ3) is 3.41. The maximum absolute atomic E-state index is 13.3. The summed E-state index contributed by atoms with van der Waals surface area (Å²) in [5.41, 5.74) is 3.19. The van der Waals surface area contributed by atoms with E-state index in [-0.39, 0.29) is 11.9 Å². The summed E-state index contributed by atoms with van der Waals surface area (Å²) in [6.45, 7) is 5.24. The quantitative estimate of drug-likeness (QED) is 0.669. The van der Waals surface area contributed by atoms with Crippen LogP contribution in [0.2, 0.25) is 0 Å². The Hall–Kier alpha value is -3.33. The zero-order valence-electron chi connectivity index (χ0n) is 17.9. The molecular formula is C21H26N8O. The standard InChI is InChI=1S/C21H26N8O/c1-13(2)28(5)19-9-14-15(17(25-19)10-22-3)11-29(21(14)30)18-8-6-7-16(24-18)20-26-23-12-27(20)4/h6-9,12-13,22H,10-11H2,1-5H3. The minimum Gasteiger partial charge on any atom is -0.357 e. The molecule has 1 amide bonds. The molecule has 4 rings (SSSR count). The first kappa shape index (κ1) is 20.0. The Morgan fingerprint density at radius 3 is 2.73 bits per heavy atom. The molecule has 4 heterocycles. The van der Waals surface area contributed by atoms with E-state index < -0.39 is 0 Å². The molecule has 0 spiro atoms. The van der Waals surface area contributed by atoms with Crippen LogP contribution in [0.5, 0.6) is 0 Å². The monoisotopic (exact) mass is 406 g/mol. The van der Waals surface area contributed by atoms with Crippen molar-refractivity contribution in [2.45, 2.75) is 33.0 Å². The number of aromatic nitrogens is 5. The molecule has 0 radical (unpaired) electrons. The van der Waals surface area contributed by atoms with Crippen molar-refractivity contribution < 1.29 is 4.79 Å². The number of amides is 1. The van der Waals surface area contributed by atoms with Gasteiger partial charge in [0.05, 0.1) is 17.8 Å². The fraction of sp³-hybridized carbons (Fsp3) is 0.381. The Morgan fingerprint density at radius 2 is 2.07 bits per heavy atom. The van der Waals surface area contributed by atoms with Gasteiger partial charge in [0.2, 0.25) is 0 Å². The van der Waals surface area contributed by atoms with Crippen LogP contribution < -0.4 is 15.1 Å². The molecule has 9 nitrogen and oxygen atoms in total. The molecular weight excluding hydrogens is 380 g/mol. The Bertz CT molecular complexity index is 1090. The summed E-state index contributed by atoms with van der Waals surface area (Å²) >= 11 is 0. The van der Waals surface area contributed by atoms with Gasteiger partial charge < -0.3 is 14.8 Å². The van der Waals surface area contributed by atoms with Crippen molar-refractivity contribution in [1.82, 2.24) is 30.0 Å². The van der Waals surface area contributed by atoms with Gasteiger partial charge in [-0.2, -0.15) is 0 Å². The molecule has 3 aromatic rings. The Kier molecular flexibility index (Phi) is 5.21. The van der Waals surface area contributed by atoms with Crippen LogP contribution in [0, 0.1) is 0 Å². The van der Waals surface area contributed by atoms with Crippen molar-refractivity contribution in [3.05, 3.63) is 47.4 Å². The van der Waals surface area contributed by atoms with Gasteiger partial charge in [-0.3, -0.25) is 9.69 Å². The second-order valence-corrected chi connectivity index (χ2v) is 7.73. The van der Waals surface area contributed by atoms with E-state index in [0.717, 1.165) is 17.1 Å². The van der Waals surface area contributed by atoms with Gasteiger partial charge >= 0.3 is 0 Å². The van der Waals surface area contributed by atoms with Crippen LogP contribution in [-0.4, -0.2) is 50.8 Å². The topological polar surface area (TPSA) is 92.1 Å². The van der Waals surface area contributed by atoms with Crippen molar-refractivity contribution in [3.8, 4) is 11.5 Å². The molecule has 3 aromatic heterocycles. The molecule has 156 valence electrons. The summed E-state index contributed by atoms with van der Waals surface area (Å²) in [6, 6.07) is 7.76. The fourth-order valence-electron chi connectivity index (χ4n) is 3.51. The zero-order chi connectivity index (χ0) is 21.4. The van der Waals surface area contributed by atoms with Gasteiger partial charge in [0.15, 0.2) is 5.82 Å². The SMILES string of the molecule is CNCc1nc(N(C)C(C)C)cc2c1CN(c1cccc(-c3nncn3C)n1)C2=O. The van der Waals surface area contributed by atoms with E-state index in [4.69, 9.17) is 4.98 Å². The normalized spacial score (nSPS) is 13.3. The number of nitrogens with one attached hydrogen (secondary N) is 1. The van der Waals surface area contributed by atoms with Crippen molar-refractivity contribution in [2.75, 3.05) is 23.9 Å². The first-order valence-corrected chi connectivity index (χ1v) is 9.94. The number of fused-ring (bicyclic) bond motifs is 1. The molecule has 30 heavy (non-hydrogen) atoms. The summed E-state index contributed by atoms with van der Waals surface area (Å²) in [5, 5.41) is 11.2. The number of rotatable bonds is 6. The van der Waals surface area contributed by atoms with Gasteiger partial charge in [0.25, 0.3) is 5.91 Å². The maximum Gasteiger partial charge on any atom is 0.260 e. The molecule has 0 saturated heterocycles. The molecule has 9 heteroatoms. The summed E-state index contributed by atoms with van der Waals surface area (Å²) < 4.78 is 1.80. The van der Waals surface area contributed by atoms with Crippen molar-refractivity contribution in [3.63, 3.8) is 0 Å². The van der Waals surface area contributed by atoms with E-state index in [9.17, 15) is 4.79 Å². The number of pyridine rings is 2. The predicted octanol–water partition coefficient (Wildman–Crippen LogP) is 2.00. The largest absolute Gasteiger partial charge is 0.357 e. The first-order chi connectivity index (χ1) is 14.4. The lowest BCUT2D eigenvalue weighted by atomic mass is 10.1. The highest BCUT2D eigenvalue weighted by Gasteiger charge is 2.33. The van der Waals surface area contributed by atoms with Gasteiger partial charge in [-0.1, -0.05) is 6.07 Å². The summed E-state index contributed by atoms with van der Waals surface area (Å²) in [5.74, 6) is 1.97. The van der Waals surface area contributed by atoms with Crippen LogP contribution in [0.4, 0.5) is 11.6 Å². The van der Waals surface area contributed by atoms with Crippen LogP contribution in [-0.2, 0) is 20.1 Å². The average Bonchev–Trinajstić information content (AvgIpc) is 3.31. The minimum atomic E-state index is -0.0641. The summed E-state index contributed by atoms with van der Waals surface area (Å²) in [4.78, 5) is 26.6. The molecule has 0 fully saturated rings. The summed E-state index contributed by atoms with van der Waals surface area (Å²) in [6.07, 6.45) is 1.63. The first-order valence-electron chi connectivity index (χ1n) is 9.94. The Morgan fingerprint density at radius 1 is 1.27 bits per heavy atom. The molecule has 1 aliphatic heterocycles. The molecule has 0 aromatic carbocycles. The number of hydrogen-bond acceptors (Lipinski definition) is 7. The van der Waals surface area contributed by atoms with E-state index in [2.05, 4.69) is 39.2 Å². The van der Waals surface area contributed by atoms with Gasteiger partial charge in [-0.25, -0.2) is 9.97 Å². The van der Waals surface area contributed by atoms with Crippen molar-refractivity contribution in [2.24, 2.45) is 7.05 Å². The molecule has 1 N–H and O–H groups in total. The molecule has 1 aliphatic rings. The highest BCUT2D eigenvalue weighted by Crippen LogP contribution is 2.32. The highest BCUT2D eigenvalue weighted by molar-refractivity contribution is 6.10. The lowest BCUT2D eigenvalue weighted by Gasteiger charge is -2.24. The van der Waals surface area contributed by atoms with Crippen molar-refractivity contribution in [1.29, 1.82) is 0 Å². The third-order valence-electron chi connectivity index (χ3n) is 5.42. The van der Waals surface area contributed by atoms with E-state index in [1.165, 1.54) is 0 Å². The van der Waals surface area contributed by atoms with E-state index in [1.807, 2.05) is 45.4 Å². The Labute approximate surface area is 175 Å². The van der Waals surface area contributed by atoms with Crippen LogP contribution >= 0.6 is 0 Å². The second-order valence-electron chi connectivity index (χ2n) is 7.73. The molecule has 0 saturated carbocycles. The van der Waals surface area contributed by atoms with E-state index in [0.29, 0.717) is 36.0 Å². The van der Waals surface area contributed by atoms with Crippen molar-refractivity contribution >= 4 is 17.5 Å². The minimum absolute atomic E-state index is 0.0641. The highest BCUT2D eigenvalue weighted by atomic mass is 16.2. The number of carbonyl (C=O) groups is 1. The van der Waals surface area contributed by atoms with Crippen LogP contribution in [0.15, 0.2) is 30.6 Å². The van der Waals surface area contributed by atoms with Crippen LogP contribution in [0.3, 0.4) is 0 Å². The second kappa shape index (κ2) is 7.83. The number of carbonyl (C=O) groups excluding carboxylic acids is 1. The average molecular weight is 406 g/mol. The Balaban J connectivity index is 1.73. The number of aryl methyl sites for hydroxylation is 1. The number of anilines is 2. The lowest BCUT2D eigenvalue weighted by Crippen LogP contribution is -2.27. The van der Waals surface area contributed by atoms with E-state index in [1.54, 1.807) is 15.8 Å². The van der Waals surface area contributed by atoms with E-state index >= 15 is 0 Å². The molecule has 0 aliphatic carbocycles. The van der Waals surface area contributed by atoms with Gasteiger partial charge in [-0.15, -0.1) is 10.2 Å². The number of hydrogen-bond donors (Lipinski definition) is 1. The predicted molar refractivity (Wildman–Crippen MR) is 115 cm³/mol.